The number of fused-ring (bicyclic) bond motifs is 1. The molecule has 0 atom stereocenters. The Labute approximate surface area is 186 Å². The third-order valence-electron chi connectivity index (χ3n) is 6.14. The van der Waals surface area contributed by atoms with Crippen LogP contribution in [0.15, 0.2) is 60.9 Å². The third kappa shape index (κ3) is 3.80. The molecule has 0 aliphatic carbocycles. The fourth-order valence-corrected chi connectivity index (χ4v) is 4.41. The highest BCUT2D eigenvalue weighted by atomic mass is 35.5. The van der Waals surface area contributed by atoms with E-state index in [1.807, 2.05) is 16.9 Å². The second kappa shape index (κ2) is 7.98. The van der Waals surface area contributed by atoms with Crippen molar-refractivity contribution in [2.24, 2.45) is 0 Å². The standard InChI is InChI=1S/C25H24ClFN4/c1-17-13-25-21(18-3-6-20(7-4-18)30-11-9-29(2)10-12-30)15-28-31(25)16-22(17)19-5-8-24(27)23(26)14-19/h3-8,13-16H,9-12H2,1-2H3. The molecule has 5 rings (SSSR count). The molecule has 0 saturated carbocycles. The van der Waals surface area contributed by atoms with Crippen LogP contribution in [0, 0.1) is 12.7 Å². The number of benzene rings is 2. The lowest BCUT2D eigenvalue weighted by molar-refractivity contribution is 0.313. The van der Waals surface area contributed by atoms with E-state index in [2.05, 4.69) is 59.2 Å². The van der Waals surface area contributed by atoms with E-state index in [0.717, 1.165) is 59.5 Å². The van der Waals surface area contributed by atoms with Crippen LogP contribution in [0.3, 0.4) is 0 Å². The number of halogens is 2. The van der Waals surface area contributed by atoms with Gasteiger partial charge in [-0.15, -0.1) is 0 Å². The Bertz CT molecular complexity index is 1240. The minimum Gasteiger partial charge on any atom is -0.369 e. The zero-order valence-electron chi connectivity index (χ0n) is 17.6. The molecule has 1 saturated heterocycles. The van der Waals surface area contributed by atoms with Crippen molar-refractivity contribution in [3.05, 3.63) is 77.3 Å². The van der Waals surface area contributed by atoms with Gasteiger partial charge in [0.15, 0.2) is 0 Å². The predicted octanol–water partition coefficient (Wildman–Crippen LogP) is 5.52. The Morgan fingerprint density at radius 3 is 2.32 bits per heavy atom. The molecule has 1 aliphatic rings. The summed E-state index contributed by atoms with van der Waals surface area (Å²) in [6.07, 6.45) is 3.89. The van der Waals surface area contributed by atoms with Crippen LogP contribution in [0.5, 0.6) is 0 Å². The van der Waals surface area contributed by atoms with Crippen LogP contribution in [0.1, 0.15) is 5.56 Å². The summed E-state index contributed by atoms with van der Waals surface area (Å²) in [4.78, 5) is 4.80. The van der Waals surface area contributed by atoms with Crippen LogP contribution in [-0.4, -0.2) is 47.7 Å². The summed E-state index contributed by atoms with van der Waals surface area (Å²) in [5, 5.41) is 4.70. The fraction of sp³-hybridized carbons (Fsp3) is 0.240. The Morgan fingerprint density at radius 2 is 1.61 bits per heavy atom. The van der Waals surface area contributed by atoms with Gasteiger partial charge in [0.2, 0.25) is 0 Å². The molecule has 1 aliphatic heterocycles. The topological polar surface area (TPSA) is 23.8 Å². The molecule has 4 aromatic rings. The largest absolute Gasteiger partial charge is 0.369 e. The second-order valence-corrected chi connectivity index (χ2v) is 8.63. The number of aryl methyl sites for hydroxylation is 1. The molecule has 0 N–H and O–H groups in total. The number of hydrogen-bond donors (Lipinski definition) is 0. The van der Waals surface area contributed by atoms with Crippen LogP contribution in [-0.2, 0) is 0 Å². The fourth-order valence-electron chi connectivity index (χ4n) is 4.23. The van der Waals surface area contributed by atoms with E-state index < -0.39 is 5.82 Å². The summed E-state index contributed by atoms with van der Waals surface area (Å²) in [5.41, 5.74) is 7.49. The van der Waals surface area contributed by atoms with Gasteiger partial charge < -0.3 is 9.80 Å². The Kier molecular flexibility index (Phi) is 5.16. The number of rotatable bonds is 3. The van der Waals surface area contributed by atoms with Gasteiger partial charge in [-0.25, -0.2) is 8.91 Å². The van der Waals surface area contributed by atoms with Crippen molar-refractivity contribution in [3.63, 3.8) is 0 Å². The van der Waals surface area contributed by atoms with E-state index in [9.17, 15) is 4.39 Å². The smallest absolute Gasteiger partial charge is 0.141 e. The minimum atomic E-state index is -0.412. The van der Waals surface area contributed by atoms with E-state index in [0.29, 0.717) is 0 Å². The lowest BCUT2D eigenvalue weighted by atomic mass is 10.0. The van der Waals surface area contributed by atoms with Gasteiger partial charge in [0.25, 0.3) is 0 Å². The SMILES string of the molecule is Cc1cc2c(-c3ccc(N4CCN(C)CC4)cc3)cnn2cc1-c1ccc(F)c(Cl)c1. The number of nitrogens with zero attached hydrogens (tertiary/aromatic N) is 4. The summed E-state index contributed by atoms with van der Waals surface area (Å²) in [5.74, 6) is -0.412. The third-order valence-corrected chi connectivity index (χ3v) is 6.43. The van der Waals surface area contributed by atoms with E-state index in [1.165, 1.54) is 11.8 Å². The van der Waals surface area contributed by atoms with E-state index in [1.54, 1.807) is 12.1 Å². The predicted molar refractivity (Wildman–Crippen MR) is 125 cm³/mol. The maximum absolute atomic E-state index is 13.6. The average molecular weight is 435 g/mol. The first-order chi connectivity index (χ1) is 15.0. The first-order valence-electron chi connectivity index (χ1n) is 10.5. The molecule has 4 nitrogen and oxygen atoms in total. The number of anilines is 1. The second-order valence-electron chi connectivity index (χ2n) is 8.22. The van der Waals surface area contributed by atoms with Crippen molar-refractivity contribution in [1.29, 1.82) is 0 Å². The Morgan fingerprint density at radius 1 is 0.903 bits per heavy atom. The molecule has 0 spiro atoms. The van der Waals surface area contributed by atoms with Crippen LogP contribution in [0.25, 0.3) is 27.8 Å². The molecule has 3 heterocycles. The Balaban J connectivity index is 1.47. The van der Waals surface area contributed by atoms with Crippen molar-refractivity contribution in [2.45, 2.75) is 6.92 Å². The normalized spacial score (nSPS) is 15.0. The van der Waals surface area contributed by atoms with Crippen LogP contribution < -0.4 is 4.90 Å². The molecule has 0 unspecified atom stereocenters. The molecular weight excluding hydrogens is 411 g/mol. The lowest BCUT2D eigenvalue weighted by Gasteiger charge is -2.34. The maximum Gasteiger partial charge on any atom is 0.141 e. The average Bonchev–Trinajstić information content (AvgIpc) is 3.18. The van der Waals surface area contributed by atoms with E-state index >= 15 is 0 Å². The van der Waals surface area contributed by atoms with Gasteiger partial charge in [-0.05, 0) is 61.0 Å². The highest BCUT2D eigenvalue weighted by molar-refractivity contribution is 6.31. The van der Waals surface area contributed by atoms with Crippen LogP contribution in [0.2, 0.25) is 5.02 Å². The first kappa shape index (κ1) is 20.0. The lowest BCUT2D eigenvalue weighted by Crippen LogP contribution is -2.44. The van der Waals surface area contributed by atoms with Gasteiger partial charge in [0.05, 0.1) is 16.7 Å². The highest BCUT2D eigenvalue weighted by Gasteiger charge is 2.15. The van der Waals surface area contributed by atoms with Crippen molar-refractivity contribution in [2.75, 3.05) is 38.1 Å². The van der Waals surface area contributed by atoms with Crippen molar-refractivity contribution >= 4 is 22.8 Å². The van der Waals surface area contributed by atoms with Crippen molar-refractivity contribution < 1.29 is 4.39 Å². The number of piperazine rings is 1. The molecule has 31 heavy (non-hydrogen) atoms. The summed E-state index contributed by atoms with van der Waals surface area (Å²) >= 11 is 5.99. The van der Waals surface area contributed by atoms with Crippen molar-refractivity contribution in [3.8, 4) is 22.3 Å². The quantitative estimate of drug-likeness (QED) is 0.424. The molecule has 0 bridgehead atoms. The first-order valence-corrected chi connectivity index (χ1v) is 10.8. The molecule has 2 aromatic carbocycles. The number of pyridine rings is 1. The van der Waals surface area contributed by atoms with Crippen molar-refractivity contribution in [1.82, 2.24) is 14.5 Å². The van der Waals surface area contributed by atoms with Gasteiger partial charge in [0, 0.05) is 49.2 Å². The number of hydrogen-bond acceptors (Lipinski definition) is 3. The molecule has 2 aromatic heterocycles. The summed E-state index contributed by atoms with van der Waals surface area (Å²) in [6, 6.07) is 15.7. The summed E-state index contributed by atoms with van der Waals surface area (Å²) < 4.78 is 15.4. The van der Waals surface area contributed by atoms with E-state index in [-0.39, 0.29) is 5.02 Å². The highest BCUT2D eigenvalue weighted by Crippen LogP contribution is 2.32. The molecule has 1 fully saturated rings. The van der Waals surface area contributed by atoms with Gasteiger partial charge in [0.1, 0.15) is 5.82 Å². The van der Waals surface area contributed by atoms with Crippen LogP contribution in [0.4, 0.5) is 10.1 Å². The Hall–Kier alpha value is -2.89. The van der Waals surface area contributed by atoms with Gasteiger partial charge in [-0.3, -0.25) is 0 Å². The van der Waals surface area contributed by atoms with Gasteiger partial charge in [-0.1, -0.05) is 29.8 Å². The zero-order valence-corrected chi connectivity index (χ0v) is 18.4. The molecule has 158 valence electrons. The van der Waals surface area contributed by atoms with E-state index in [4.69, 9.17) is 11.6 Å². The van der Waals surface area contributed by atoms with Crippen LogP contribution >= 0.6 is 11.6 Å². The monoisotopic (exact) mass is 434 g/mol. The summed E-state index contributed by atoms with van der Waals surface area (Å²) in [6.45, 7) is 6.36. The molecule has 6 heteroatoms. The zero-order chi connectivity index (χ0) is 21.5. The minimum absolute atomic E-state index is 0.124. The molecule has 0 amide bonds. The molecular formula is C25H24ClFN4. The number of likely N-dealkylation sites (N-methyl/N-ethyl adjacent to an activating group) is 1. The number of aromatic nitrogens is 2. The summed E-state index contributed by atoms with van der Waals surface area (Å²) in [7, 11) is 2.17. The maximum atomic E-state index is 13.6. The molecule has 0 radical (unpaired) electrons. The van der Waals surface area contributed by atoms with Gasteiger partial charge in [-0.2, -0.15) is 5.10 Å². The van der Waals surface area contributed by atoms with Gasteiger partial charge >= 0.3 is 0 Å².